The van der Waals surface area contributed by atoms with Crippen molar-refractivity contribution in [2.45, 2.75) is 32.8 Å². The van der Waals surface area contributed by atoms with Crippen LogP contribution in [0.2, 0.25) is 0 Å². The third-order valence-corrected chi connectivity index (χ3v) is 3.94. The average Bonchev–Trinajstić information content (AvgIpc) is 2.55. The zero-order chi connectivity index (χ0) is 16.7. The van der Waals surface area contributed by atoms with E-state index in [2.05, 4.69) is 29.6 Å². The molecule has 3 nitrogen and oxygen atoms in total. The molecule has 2 rings (SSSR count). The summed E-state index contributed by atoms with van der Waals surface area (Å²) >= 11 is 0. The molecule has 0 fully saturated rings. The van der Waals surface area contributed by atoms with Gasteiger partial charge in [-0.1, -0.05) is 67.1 Å². The van der Waals surface area contributed by atoms with Gasteiger partial charge >= 0.3 is 0 Å². The van der Waals surface area contributed by atoms with E-state index in [9.17, 15) is 9.90 Å². The molecule has 0 aliphatic rings. The van der Waals surface area contributed by atoms with E-state index in [4.69, 9.17) is 0 Å². The molecule has 2 aromatic rings. The molecule has 0 aromatic heterocycles. The molecule has 0 aliphatic heterocycles. The summed E-state index contributed by atoms with van der Waals surface area (Å²) in [6, 6.07) is 18.0. The molecule has 0 aliphatic carbocycles. The van der Waals surface area contributed by atoms with Crippen LogP contribution in [0.15, 0.2) is 54.6 Å². The average molecular weight is 311 g/mol. The van der Waals surface area contributed by atoms with Gasteiger partial charge < -0.3 is 10.4 Å². The van der Waals surface area contributed by atoms with E-state index >= 15 is 0 Å². The fourth-order valence-corrected chi connectivity index (χ4v) is 2.52. The third kappa shape index (κ3) is 5.87. The Balaban J connectivity index is 1.76. The minimum Gasteiger partial charge on any atom is -0.391 e. The number of benzene rings is 2. The number of hydrogen-bond acceptors (Lipinski definition) is 2. The molecule has 2 N–H and O–H groups in total. The molecule has 3 heteroatoms. The Morgan fingerprint density at radius 2 is 1.61 bits per heavy atom. The van der Waals surface area contributed by atoms with Gasteiger partial charge in [0.25, 0.3) is 0 Å². The predicted molar refractivity (Wildman–Crippen MR) is 93.2 cm³/mol. The standard InChI is InChI=1S/C20H25NO2/c1-15-8-10-18(11-9-15)12-16(2)20(23)21-14-19(22)13-17-6-4-3-5-7-17/h3-11,16,19,22H,12-14H2,1-2H3,(H,21,23). The maximum absolute atomic E-state index is 12.1. The summed E-state index contributed by atoms with van der Waals surface area (Å²) in [5.74, 6) is -0.126. The minimum atomic E-state index is -0.562. The predicted octanol–water partition coefficient (Wildman–Crippen LogP) is 2.89. The van der Waals surface area contributed by atoms with E-state index in [0.717, 1.165) is 11.1 Å². The van der Waals surface area contributed by atoms with Crippen LogP contribution in [-0.4, -0.2) is 23.7 Å². The molecule has 2 atom stereocenters. The highest BCUT2D eigenvalue weighted by atomic mass is 16.3. The smallest absolute Gasteiger partial charge is 0.223 e. The van der Waals surface area contributed by atoms with Crippen molar-refractivity contribution in [2.75, 3.05) is 6.54 Å². The molecule has 23 heavy (non-hydrogen) atoms. The van der Waals surface area contributed by atoms with Gasteiger partial charge in [-0.2, -0.15) is 0 Å². The largest absolute Gasteiger partial charge is 0.391 e. The zero-order valence-electron chi connectivity index (χ0n) is 13.8. The molecular formula is C20H25NO2. The summed E-state index contributed by atoms with van der Waals surface area (Å²) in [4.78, 5) is 12.1. The van der Waals surface area contributed by atoms with Gasteiger partial charge in [0.2, 0.25) is 5.91 Å². The number of carbonyl (C=O) groups excluding carboxylic acids is 1. The van der Waals surface area contributed by atoms with Gasteiger partial charge in [0.1, 0.15) is 0 Å². The second-order valence-electron chi connectivity index (χ2n) is 6.18. The molecule has 122 valence electrons. The zero-order valence-corrected chi connectivity index (χ0v) is 13.8. The van der Waals surface area contributed by atoms with E-state index in [-0.39, 0.29) is 18.4 Å². The Hall–Kier alpha value is -2.13. The molecule has 0 saturated carbocycles. The van der Waals surface area contributed by atoms with Crippen molar-refractivity contribution in [3.05, 3.63) is 71.3 Å². The molecule has 0 heterocycles. The van der Waals surface area contributed by atoms with Crippen molar-refractivity contribution in [1.29, 1.82) is 0 Å². The van der Waals surface area contributed by atoms with Crippen LogP contribution in [0.1, 0.15) is 23.6 Å². The first kappa shape index (κ1) is 17.2. The van der Waals surface area contributed by atoms with Crippen LogP contribution in [0.5, 0.6) is 0 Å². The minimum absolute atomic E-state index is 0.0160. The number of hydrogen-bond donors (Lipinski definition) is 2. The lowest BCUT2D eigenvalue weighted by Crippen LogP contribution is -2.36. The number of aliphatic hydroxyl groups is 1. The van der Waals surface area contributed by atoms with E-state index < -0.39 is 6.10 Å². The van der Waals surface area contributed by atoms with Gasteiger partial charge in [-0.3, -0.25) is 4.79 Å². The molecule has 0 radical (unpaired) electrons. The monoisotopic (exact) mass is 311 g/mol. The highest BCUT2D eigenvalue weighted by molar-refractivity contribution is 5.78. The molecular weight excluding hydrogens is 286 g/mol. The SMILES string of the molecule is Cc1ccc(CC(C)C(=O)NCC(O)Cc2ccccc2)cc1. The molecule has 2 aromatic carbocycles. The number of rotatable bonds is 7. The van der Waals surface area contributed by atoms with Gasteiger partial charge in [0, 0.05) is 18.9 Å². The highest BCUT2D eigenvalue weighted by Crippen LogP contribution is 2.10. The first-order valence-corrected chi connectivity index (χ1v) is 8.10. The van der Waals surface area contributed by atoms with Crippen molar-refractivity contribution >= 4 is 5.91 Å². The second kappa shape index (κ2) is 8.49. The van der Waals surface area contributed by atoms with Crippen molar-refractivity contribution in [2.24, 2.45) is 5.92 Å². The summed E-state index contributed by atoms with van der Waals surface area (Å²) in [6.07, 6.45) is 0.696. The van der Waals surface area contributed by atoms with Crippen LogP contribution in [0.3, 0.4) is 0 Å². The van der Waals surface area contributed by atoms with Gasteiger partial charge in [0.05, 0.1) is 6.10 Å². The van der Waals surface area contributed by atoms with Crippen LogP contribution in [0.25, 0.3) is 0 Å². The van der Waals surface area contributed by atoms with Crippen LogP contribution >= 0.6 is 0 Å². The summed E-state index contributed by atoms with van der Waals surface area (Å²) < 4.78 is 0. The number of aryl methyl sites for hydroxylation is 1. The fourth-order valence-electron chi connectivity index (χ4n) is 2.52. The summed E-state index contributed by atoms with van der Waals surface area (Å²) in [7, 11) is 0. The number of nitrogens with one attached hydrogen (secondary N) is 1. The van der Waals surface area contributed by atoms with Crippen LogP contribution in [-0.2, 0) is 17.6 Å². The second-order valence-corrected chi connectivity index (χ2v) is 6.18. The molecule has 0 saturated heterocycles. The van der Waals surface area contributed by atoms with Gasteiger partial charge in [-0.25, -0.2) is 0 Å². The number of aliphatic hydroxyl groups excluding tert-OH is 1. The van der Waals surface area contributed by atoms with Crippen molar-refractivity contribution in [1.82, 2.24) is 5.32 Å². The first-order chi connectivity index (χ1) is 11.0. The van der Waals surface area contributed by atoms with Crippen LogP contribution in [0.4, 0.5) is 0 Å². The normalized spacial score (nSPS) is 13.3. The molecule has 0 bridgehead atoms. The van der Waals surface area contributed by atoms with E-state index in [1.807, 2.05) is 44.2 Å². The summed E-state index contributed by atoms with van der Waals surface area (Å²) in [5, 5.41) is 12.9. The van der Waals surface area contributed by atoms with Gasteiger partial charge in [0.15, 0.2) is 0 Å². The van der Waals surface area contributed by atoms with E-state index in [1.54, 1.807) is 0 Å². The Bertz CT molecular complexity index is 607. The van der Waals surface area contributed by atoms with Gasteiger partial charge in [-0.05, 0) is 24.5 Å². The fraction of sp³-hybridized carbons (Fsp3) is 0.350. The Labute approximate surface area is 138 Å². The van der Waals surface area contributed by atoms with Gasteiger partial charge in [-0.15, -0.1) is 0 Å². The van der Waals surface area contributed by atoms with E-state index in [0.29, 0.717) is 12.8 Å². The number of carbonyl (C=O) groups is 1. The summed E-state index contributed by atoms with van der Waals surface area (Å²) in [5.41, 5.74) is 3.44. The quantitative estimate of drug-likeness (QED) is 0.826. The lowest BCUT2D eigenvalue weighted by Gasteiger charge is -2.15. The Morgan fingerprint density at radius 1 is 1.00 bits per heavy atom. The summed E-state index contributed by atoms with van der Waals surface area (Å²) in [6.45, 7) is 4.25. The maximum atomic E-state index is 12.1. The third-order valence-electron chi connectivity index (χ3n) is 3.94. The van der Waals surface area contributed by atoms with Crippen LogP contribution < -0.4 is 5.32 Å². The lowest BCUT2D eigenvalue weighted by atomic mass is 9.99. The number of amides is 1. The Kier molecular flexibility index (Phi) is 6.36. The Morgan fingerprint density at radius 3 is 2.26 bits per heavy atom. The van der Waals surface area contributed by atoms with Crippen molar-refractivity contribution < 1.29 is 9.90 Å². The highest BCUT2D eigenvalue weighted by Gasteiger charge is 2.15. The maximum Gasteiger partial charge on any atom is 0.223 e. The molecule has 0 spiro atoms. The first-order valence-electron chi connectivity index (χ1n) is 8.10. The lowest BCUT2D eigenvalue weighted by molar-refractivity contribution is -0.124. The molecule has 2 unspecified atom stereocenters. The topological polar surface area (TPSA) is 49.3 Å². The molecule has 1 amide bonds. The van der Waals surface area contributed by atoms with Crippen molar-refractivity contribution in [3.8, 4) is 0 Å². The van der Waals surface area contributed by atoms with Crippen LogP contribution in [0, 0.1) is 12.8 Å². The van der Waals surface area contributed by atoms with Crippen molar-refractivity contribution in [3.63, 3.8) is 0 Å². The van der Waals surface area contributed by atoms with E-state index in [1.165, 1.54) is 5.56 Å².